The zero-order chi connectivity index (χ0) is 16.8. The molecule has 23 heavy (non-hydrogen) atoms. The van der Waals surface area contributed by atoms with Crippen LogP contribution in [0.15, 0.2) is 48.5 Å². The fourth-order valence-electron chi connectivity index (χ4n) is 2.74. The van der Waals surface area contributed by atoms with Crippen LogP contribution in [0.1, 0.15) is 29.8 Å². The average Bonchev–Trinajstić information content (AvgIpc) is 2.47. The van der Waals surface area contributed by atoms with Crippen molar-refractivity contribution in [1.29, 1.82) is 0 Å². The number of hydrogen-bond acceptors (Lipinski definition) is 3. The summed E-state index contributed by atoms with van der Waals surface area (Å²) in [7, 11) is 2.04. The van der Waals surface area contributed by atoms with Gasteiger partial charge >= 0.3 is 0 Å². The van der Waals surface area contributed by atoms with Crippen molar-refractivity contribution in [3.8, 4) is 0 Å². The Bertz CT molecular complexity index is 658. The van der Waals surface area contributed by atoms with Crippen LogP contribution in [0.4, 0.5) is 10.1 Å². The minimum Gasteiger partial charge on any atom is -0.381 e. The molecular formula is C19H23FN2O. The summed E-state index contributed by atoms with van der Waals surface area (Å²) in [5, 5.41) is 3.25. The average molecular weight is 314 g/mol. The summed E-state index contributed by atoms with van der Waals surface area (Å²) in [6.07, 6.45) is 0. The number of likely N-dealkylation sites (N-methyl/N-ethyl adjacent to an activating group) is 1. The first-order chi connectivity index (χ1) is 11.0. The van der Waals surface area contributed by atoms with Gasteiger partial charge in [-0.1, -0.05) is 36.4 Å². The SMILES string of the molecule is CC(=O)c1c(F)cccc1NC(C)CN(C)Cc1ccccc1. The maximum atomic E-state index is 13.8. The highest BCUT2D eigenvalue weighted by Gasteiger charge is 2.15. The fraction of sp³-hybridized carbons (Fsp3) is 0.316. The Morgan fingerprint density at radius 3 is 2.52 bits per heavy atom. The van der Waals surface area contributed by atoms with E-state index in [1.54, 1.807) is 12.1 Å². The van der Waals surface area contributed by atoms with Gasteiger partial charge in [0.05, 0.1) is 5.56 Å². The molecule has 0 radical (unpaired) electrons. The third-order valence-electron chi connectivity index (χ3n) is 3.65. The van der Waals surface area contributed by atoms with E-state index in [1.807, 2.05) is 32.2 Å². The molecule has 0 heterocycles. The van der Waals surface area contributed by atoms with Gasteiger partial charge in [0.15, 0.2) is 5.78 Å². The zero-order valence-corrected chi connectivity index (χ0v) is 13.8. The van der Waals surface area contributed by atoms with Gasteiger partial charge in [0.2, 0.25) is 0 Å². The van der Waals surface area contributed by atoms with Crippen molar-refractivity contribution in [1.82, 2.24) is 4.90 Å². The predicted octanol–water partition coefficient (Wildman–Crippen LogP) is 3.96. The van der Waals surface area contributed by atoms with Gasteiger partial charge in [-0.05, 0) is 38.6 Å². The second-order valence-electron chi connectivity index (χ2n) is 5.95. The second kappa shape index (κ2) is 7.88. The van der Waals surface area contributed by atoms with E-state index >= 15 is 0 Å². The summed E-state index contributed by atoms with van der Waals surface area (Å²) < 4.78 is 13.8. The molecule has 2 aromatic carbocycles. The van der Waals surface area contributed by atoms with Gasteiger partial charge in [-0.3, -0.25) is 4.79 Å². The highest BCUT2D eigenvalue weighted by Crippen LogP contribution is 2.20. The molecular weight excluding hydrogens is 291 g/mol. The molecule has 0 aliphatic heterocycles. The Morgan fingerprint density at radius 1 is 1.17 bits per heavy atom. The number of rotatable bonds is 7. The molecule has 0 aliphatic carbocycles. The Morgan fingerprint density at radius 2 is 1.87 bits per heavy atom. The third-order valence-corrected chi connectivity index (χ3v) is 3.65. The van der Waals surface area contributed by atoms with Crippen molar-refractivity contribution >= 4 is 11.5 Å². The normalized spacial score (nSPS) is 12.2. The summed E-state index contributed by atoms with van der Waals surface area (Å²) in [6, 6.07) is 15.0. The minimum atomic E-state index is -0.479. The van der Waals surface area contributed by atoms with Gasteiger partial charge in [0.25, 0.3) is 0 Å². The monoisotopic (exact) mass is 314 g/mol. The molecule has 2 rings (SSSR count). The number of carbonyl (C=O) groups is 1. The Kier molecular flexibility index (Phi) is 5.88. The number of anilines is 1. The molecule has 3 nitrogen and oxygen atoms in total. The maximum Gasteiger partial charge on any atom is 0.164 e. The first-order valence-electron chi connectivity index (χ1n) is 7.76. The topological polar surface area (TPSA) is 32.3 Å². The second-order valence-corrected chi connectivity index (χ2v) is 5.95. The molecule has 0 fully saturated rings. The van der Waals surface area contributed by atoms with E-state index in [4.69, 9.17) is 0 Å². The van der Waals surface area contributed by atoms with E-state index in [1.165, 1.54) is 18.6 Å². The van der Waals surface area contributed by atoms with Crippen molar-refractivity contribution in [2.45, 2.75) is 26.4 Å². The van der Waals surface area contributed by atoms with Gasteiger partial charge in [0.1, 0.15) is 5.82 Å². The summed E-state index contributed by atoms with van der Waals surface area (Å²) in [5.41, 5.74) is 1.93. The van der Waals surface area contributed by atoms with Crippen LogP contribution in [0, 0.1) is 5.82 Å². The van der Waals surface area contributed by atoms with Crippen LogP contribution in [0.3, 0.4) is 0 Å². The van der Waals surface area contributed by atoms with Gasteiger partial charge in [-0.25, -0.2) is 4.39 Å². The van der Waals surface area contributed by atoms with Crippen LogP contribution < -0.4 is 5.32 Å². The molecule has 0 aliphatic rings. The molecule has 1 unspecified atom stereocenters. The van der Waals surface area contributed by atoms with E-state index < -0.39 is 5.82 Å². The minimum absolute atomic E-state index is 0.0867. The Hall–Kier alpha value is -2.20. The van der Waals surface area contributed by atoms with Gasteiger partial charge < -0.3 is 10.2 Å². The van der Waals surface area contributed by atoms with Crippen molar-refractivity contribution in [2.75, 3.05) is 18.9 Å². The molecule has 0 saturated heterocycles. The summed E-state index contributed by atoms with van der Waals surface area (Å²) in [6.45, 7) is 5.03. The van der Waals surface area contributed by atoms with Crippen molar-refractivity contribution in [2.24, 2.45) is 0 Å². The zero-order valence-electron chi connectivity index (χ0n) is 13.8. The van der Waals surface area contributed by atoms with Crippen LogP contribution in [-0.2, 0) is 6.54 Å². The number of nitrogens with zero attached hydrogens (tertiary/aromatic N) is 1. The van der Waals surface area contributed by atoms with Gasteiger partial charge in [0, 0.05) is 24.8 Å². The lowest BCUT2D eigenvalue weighted by atomic mass is 10.1. The molecule has 0 amide bonds. The van der Waals surface area contributed by atoms with Crippen LogP contribution >= 0.6 is 0 Å². The summed E-state index contributed by atoms with van der Waals surface area (Å²) in [5.74, 6) is -0.747. The highest BCUT2D eigenvalue weighted by molar-refractivity contribution is 5.99. The predicted molar refractivity (Wildman–Crippen MR) is 92.3 cm³/mol. The number of nitrogens with one attached hydrogen (secondary N) is 1. The largest absolute Gasteiger partial charge is 0.381 e. The molecule has 2 aromatic rings. The van der Waals surface area contributed by atoms with Gasteiger partial charge in [-0.15, -0.1) is 0 Å². The van der Waals surface area contributed by atoms with E-state index in [0.717, 1.165) is 13.1 Å². The maximum absolute atomic E-state index is 13.8. The Balaban J connectivity index is 1.98. The quantitative estimate of drug-likeness (QED) is 0.785. The molecule has 0 bridgehead atoms. The van der Waals surface area contributed by atoms with E-state index in [-0.39, 0.29) is 17.4 Å². The van der Waals surface area contributed by atoms with E-state index in [9.17, 15) is 9.18 Å². The Labute approximate surface area is 137 Å². The van der Waals surface area contributed by atoms with Crippen LogP contribution in [0.2, 0.25) is 0 Å². The third kappa shape index (κ3) is 4.89. The fourth-order valence-corrected chi connectivity index (χ4v) is 2.74. The molecule has 0 aromatic heterocycles. The van der Waals surface area contributed by atoms with E-state index in [2.05, 4.69) is 22.3 Å². The van der Waals surface area contributed by atoms with Gasteiger partial charge in [-0.2, -0.15) is 0 Å². The lowest BCUT2D eigenvalue weighted by Crippen LogP contribution is -2.32. The molecule has 122 valence electrons. The molecule has 1 N–H and O–H groups in total. The highest BCUT2D eigenvalue weighted by atomic mass is 19.1. The molecule has 0 spiro atoms. The van der Waals surface area contributed by atoms with Crippen molar-refractivity contribution in [3.63, 3.8) is 0 Å². The molecule has 1 atom stereocenters. The molecule has 0 saturated carbocycles. The first kappa shape index (κ1) is 17.2. The van der Waals surface area contributed by atoms with Crippen LogP contribution in [0.25, 0.3) is 0 Å². The van der Waals surface area contributed by atoms with E-state index in [0.29, 0.717) is 5.69 Å². The standard InChI is InChI=1S/C19H23FN2O/c1-14(12-22(3)13-16-8-5-4-6-9-16)21-18-11-7-10-17(20)19(18)15(2)23/h4-11,14,21H,12-13H2,1-3H3. The van der Waals surface area contributed by atoms with Crippen molar-refractivity contribution in [3.05, 3.63) is 65.5 Å². The lowest BCUT2D eigenvalue weighted by molar-refractivity contribution is 0.101. The number of Topliss-reactive ketones (excluding diaryl/α,β-unsaturated/α-hetero) is 1. The summed E-state index contributed by atoms with van der Waals surface area (Å²) in [4.78, 5) is 13.8. The van der Waals surface area contributed by atoms with Crippen LogP contribution in [0.5, 0.6) is 0 Å². The van der Waals surface area contributed by atoms with Crippen molar-refractivity contribution < 1.29 is 9.18 Å². The number of carbonyl (C=O) groups excluding carboxylic acids is 1. The number of benzene rings is 2. The summed E-state index contributed by atoms with van der Waals surface area (Å²) >= 11 is 0. The lowest BCUT2D eigenvalue weighted by Gasteiger charge is -2.24. The first-order valence-corrected chi connectivity index (χ1v) is 7.76. The number of hydrogen-bond donors (Lipinski definition) is 1. The smallest absolute Gasteiger partial charge is 0.164 e. The number of ketones is 1. The number of halogens is 1. The molecule has 4 heteroatoms. The van der Waals surface area contributed by atoms with Crippen LogP contribution in [-0.4, -0.2) is 30.3 Å².